The van der Waals surface area contributed by atoms with Gasteiger partial charge in [0.1, 0.15) is 5.75 Å². The average Bonchev–Trinajstić information content (AvgIpc) is 2.54. The van der Waals surface area contributed by atoms with Crippen LogP contribution in [0.3, 0.4) is 0 Å². The van der Waals surface area contributed by atoms with Crippen LogP contribution in [0.4, 0.5) is 0 Å². The number of benzene rings is 1. The lowest BCUT2D eigenvalue weighted by Crippen LogP contribution is -2.36. The fourth-order valence-corrected chi connectivity index (χ4v) is 2.79. The molecule has 5 nitrogen and oxygen atoms in total. The van der Waals surface area contributed by atoms with Crippen molar-refractivity contribution in [1.82, 2.24) is 10.2 Å². The Morgan fingerprint density at radius 3 is 2.70 bits per heavy atom. The second-order valence-corrected chi connectivity index (χ2v) is 5.92. The Balaban J connectivity index is 0.00000264. The molecule has 23 heavy (non-hydrogen) atoms. The van der Waals surface area contributed by atoms with Crippen molar-refractivity contribution in [2.45, 2.75) is 19.4 Å². The molecule has 1 atom stereocenters. The fraction of sp³-hybridized carbons (Fsp3) is 0.588. The van der Waals surface area contributed by atoms with E-state index in [0.29, 0.717) is 5.75 Å². The number of methoxy groups -OCH3 is 1. The maximum Gasteiger partial charge on any atom is 0.343 e. The molecule has 1 aromatic rings. The van der Waals surface area contributed by atoms with Crippen molar-refractivity contribution in [2.75, 3.05) is 40.4 Å². The molecule has 0 aromatic heterocycles. The van der Waals surface area contributed by atoms with Crippen LogP contribution in [0.15, 0.2) is 24.3 Å². The fourth-order valence-electron chi connectivity index (χ4n) is 2.79. The lowest BCUT2D eigenvalue weighted by molar-refractivity contribution is -0.142. The molecular formula is C17H27ClN2O3. The van der Waals surface area contributed by atoms with Crippen molar-refractivity contribution < 1.29 is 14.3 Å². The summed E-state index contributed by atoms with van der Waals surface area (Å²) in [5.74, 6) is 1.07. The molecule has 1 unspecified atom stereocenters. The molecule has 1 aliphatic rings. The van der Waals surface area contributed by atoms with Gasteiger partial charge in [0.15, 0.2) is 6.61 Å². The third-order valence-corrected chi connectivity index (χ3v) is 3.93. The number of piperidine rings is 1. The highest BCUT2D eigenvalue weighted by molar-refractivity contribution is 5.85. The van der Waals surface area contributed by atoms with Gasteiger partial charge in [0.25, 0.3) is 0 Å². The van der Waals surface area contributed by atoms with E-state index in [1.807, 2.05) is 24.3 Å². The van der Waals surface area contributed by atoms with E-state index in [0.717, 1.165) is 32.1 Å². The minimum absolute atomic E-state index is 0. The Kier molecular flexibility index (Phi) is 8.99. The summed E-state index contributed by atoms with van der Waals surface area (Å²) < 4.78 is 9.89. The predicted octanol–water partition coefficient (Wildman–Crippen LogP) is 2.09. The maximum atomic E-state index is 11.0. The molecule has 0 saturated carbocycles. The minimum Gasteiger partial charge on any atom is -0.482 e. The van der Waals surface area contributed by atoms with Gasteiger partial charge in [0, 0.05) is 13.1 Å². The van der Waals surface area contributed by atoms with Gasteiger partial charge in [-0.25, -0.2) is 4.79 Å². The van der Waals surface area contributed by atoms with Gasteiger partial charge in [0.05, 0.1) is 7.11 Å². The van der Waals surface area contributed by atoms with Gasteiger partial charge in [-0.2, -0.15) is 0 Å². The van der Waals surface area contributed by atoms with Crippen LogP contribution < -0.4 is 10.1 Å². The first-order valence-electron chi connectivity index (χ1n) is 7.85. The molecule has 130 valence electrons. The summed E-state index contributed by atoms with van der Waals surface area (Å²) >= 11 is 0. The number of esters is 1. The summed E-state index contributed by atoms with van der Waals surface area (Å²) in [5, 5.41) is 3.46. The molecule has 1 saturated heterocycles. The first-order valence-corrected chi connectivity index (χ1v) is 7.85. The highest BCUT2D eigenvalue weighted by Gasteiger charge is 2.15. The molecule has 1 fully saturated rings. The zero-order valence-electron chi connectivity index (χ0n) is 13.9. The summed E-state index contributed by atoms with van der Waals surface area (Å²) in [6, 6.07) is 7.88. The van der Waals surface area contributed by atoms with Crippen LogP contribution in [0.1, 0.15) is 18.4 Å². The normalized spacial score (nSPS) is 17.4. The first-order chi connectivity index (χ1) is 10.7. The van der Waals surface area contributed by atoms with Gasteiger partial charge in [-0.1, -0.05) is 12.1 Å². The van der Waals surface area contributed by atoms with Crippen LogP contribution in [0.5, 0.6) is 5.75 Å². The molecule has 2 rings (SSSR count). The molecule has 0 aliphatic carbocycles. The molecule has 1 aliphatic heterocycles. The van der Waals surface area contributed by atoms with Crippen LogP contribution in [-0.2, 0) is 16.1 Å². The number of carbonyl (C=O) groups excluding carboxylic acids is 1. The van der Waals surface area contributed by atoms with Gasteiger partial charge >= 0.3 is 5.97 Å². The van der Waals surface area contributed by atoms with Crippen molar-refractivity contribution in [3.63, 3.8) is 0 Å². The molecule has 1 heterocycles. The first kappa shape index (κ1) is 19.7. The Bertz CT molecular complexity index is 461. The Labute approximate surface area is 144 Å². The zero-order valence-corrected chi connectivity index (χ0v) is 14.7. The van der Waals surface area contributed by atoms with Gasteiger partial charge in [0.2, 0.25) is 0 Å². The van der Waals surface area contributed by atoms with Gasteiger partial charge in [-0.15, -0.1) is 12.4 Å². The summed E-state index contributed by atoms with van der Waals surface area (Å²) in [7, 11) is 3.52. The topological polar surface area (TPSA) is 50.8 Å². The molecular weight excluding hydrogens is 316 g/mol. The highest BCUT2D eigenvalue weighted by Crippen LogP contribution is 2.15. The van der Waals surface area contributed by atoms with Crippen molar-refractivity contribution in [3.05, 3.63) is 29.8 Å². The second-order valence-electron chi connectivity index (χ2n) is 5.92. The van der Waals surface area contributed by atoms with E-state index in [-0.39, 0.29) is 25.0 Å². The van der Waals surface area contributed by atoms with Crippen molar-refractivity contribution in [1.29, 1.82) is 0 Å². The molecule has 0 amide bonds. The number of hydrogen-bond acceptors (Lipinski definition) is 5. The smallest absolute Gasteiger partial charge is 0.343 e. The van der Waals surface area contributed by atoms with E-state index in [4.69, 9.17) is 4.74 Å². The van der Waals surface area contributed by atoms with E-state index < -0.39 is 0 Å². The quantitative estimate of drug-likeness (QED) is 0.769. The number of halogens is 1. The third kappa shape index (κ3) is 7.20. The summed E-state index contributed by atoms with van der Waals surface area (Å²) in [5.41, 5.74) is 1.25. The Morgan fingerprint density at radius 1 is 1.35 bits per heavy atom. The maximum absolute atomic E-state index is 11.0. The molecule has 1 N–H and O–H groups in total. The standard InChI is InChI=1S/C17H26N2O3.ClH/c1-19(12-15-4-3-9-18-10-15)11-14-5-7-16(8-6-14)22-13-17(20)21-2;/h5-8,15,18H,3-4,9-13H2,1-2H3;1H. The van der Waals surface area contributed by atoms with Crippen LogP contribution in [0.25, 0.3) is 0 Å². The molecule has 0 spiro atoms. The van der Waals surface area contributed by atoms with Crippen molar-refractivity contribution in [2.24, 2.45) is 5.92 Å². The van der Waals surface area contributed by atoms with E-state index >= 15 is 0 Å². The largest absolute Gasteiger partial charge is 0.482 e. The second kappa shape index (κ2) is 10.5. The lowest BCUT2D eigenvalue weighted by Gasteiger charge is -2.27. The lowest BCUT2D eigenvalue weighted by atomic mass is 9.99. The molecule has 0 radical (unpaired) electrons. The Hall–Kier alpha value is -1.30. The SMILES string of the molecule is COC(=O)COc1ccc(CN(C)CC2CCCNC2)cc1.Cl. The number of ether oxygens (including phenoxy) is 2. The van der Waals surface area contributed by atoms with Gasteiger partial charge in [-0.3, -0.25) is 0 Å². The highest BCUT2D eigenvalue weighted by atomic mass is 35.5. The van der Waals surface area contributed by atoms with Crippen LogP contribution >= 0.6 is 12.4 Å². The number of nitrogens with zero attached hydrogens (tertiary/aromatic N) is 1. The van der Waals surface area contributed by atoms with Crippen LogP contribution in [-0.4, -0.2) is 51.3 Å². The average molecular weight is 343 g/mol. The number of carbonyl (C=O) groups is 1. The summed E-state index contributed by atoms with van der Waals surface area (Å²) in [4.78, 5) is 13.4. The van der Waals surface area contributed by atoms with Gasteiger partial charge in [-0.05, 0) is 56.6 Å². The van der Waals surface area contributed by atoms with Crippen LogP contribution in [0.2, 0.25) is 0 Å². The Morgan fingerprint density at radius 2 is 2.09 bits per heavy atom. The van der Waals surface area contributed by atoms with Crippen molar-refractivity contribution in [3.8, 4) is 5.75 Å². The number of nitrogens with one attached hydrogen (secondary N) is 1. The summed E-state index contributed by atoms with van der Waals surface area (Å²) in [6.45, 7) is 4.28. The summed E-state index contributed by atoms with van der Waals surface area (Å²) in [6.07, 6.45) is 2.60. The van der Waals surface area contributed by atoms with E-state index in [2.05, 4.69) is 22.0 Å². The monoisotopic (exact) mass is 342 g/mol. The molecule has 6 heteroatoms. The van der Waals surface area contributed by atoms with E-state index in [1.54, 1.807) is 0 Å². The van der Waals surface area contributed by atoms with Gasteiger partial charge < -0.3 is 19.7 Å². The van der Waals surface area contributed by atoms with Crippen molar-refractivity contribution >= 4 is 18.4 Å². The molecule has 0 bridgehead atoms. The van der Waals surface area contributed by atoms with Crippen LogP contribution in [0, 0.1) is 5.92 Å². The van der Waals surface area contributed by atoms with E-state index in [9.17, 15) is 4.79 Å². The van der Waals surface area contributed by atoms with E-state index in [1.165, 1.54) is 25.5 Å². The number of hydrogen-bond donors (Lipinski definition) is 1. The third-order valence-electron chi connectivity index (χ3n) is 3.93. The molecule has 1 aromatic carbocycles. The number of rotatable bonds is 7. The zero-order chi connectivity index (χ0) is 15.8. The predicted molar refractivity (Wildman–Crippen MR) is 93.1 cm³/mol. The minimum atomic E-state index is -0.370.